The van der Waals surface area contributed by atoms with E-state index < -0.39 is 12.0 Å². The number of hydrogen-bond acceptors (Lipinski definition) is 4. The number of carboxylic acids is 1. The minimum Gasteiger partial charge on any atom is -0.480 e. The molecule has 0 radical (unpaired) electrons. The minimum atomic E-state index is -1.03. The topological polar surface area (TPSA) is 94.0 Å². The molecule has 0 spiro atoms. The van der Waals surface area contributed by atoms with Crippen molar-refractivity contribution >= 4 is 21.9 Å². The van der Waals surface area contributed by atoms with Gasteiger partial charge in [0.2, 0.25) is 0 Å². The lowest BCUT2D eigenvalue weighted by molar-refractivity contribution is -0.138. The minimum absolute atomic E-state index is 0.208. The average molecular weight is 249 g/mol. The first kappa shape index (κ1) is 10.1. The van der Waals surface area contributed by atoms with E-state index in [-0.39, 0.29) is 6.42 Å². The second kappa shape index (κ2) is 3.84. The summed E-state index contributed by atoms with van der Waals surface area (Å²) in [5.41, 5.74) is 6.03. The normalized spacial score (nSPS) is 12.8. The lowest BCUT2D eigenvalue weighted by Crippen LogP contribution is -2.33. The molecule has 3 N–H and O–H groups in total. The molecule has 6 nitrogen and oxygen atoms in total. The summed E-state index contributed by atoms with van der Waals surface area (Å²) in [6, 6.07) is -0.923. The highest BCUT2D eigenvalue weighted by atomic mass is 79.9. The molecule has 0 saturated heterocycles. The number of carboxylic acid groups (broad SMARTS) is 1. The van der Waals surface area contributed by atoms with E-state index in [9.17, 15) is 4.79 Å². The van der Waals surface area contributed by atoms with Gasteiger partial charge in [0.05, 0.1) is 5.69 Å². The van der Waals surface area contributed by atoms with E-state index in [1.165, 1.54) is 4.68 Å². The van der Waals surface area contributed by atoms with Gasteiger partial charge in [0.25, 0.3) is 0 Å². The maximum atomic E-state index is 10.5. The van der Waals surface area contributed by atoms with Crippen LogP contribution < -0.4 is 5.73 Å². The third-order valence-electron chi connectivity index (χ3n) is 1.63. The highest BCUT2D eigenvalue weighted by molar-refractivity contribution is 9.10. The summed E-state index contributed by atoms with van der Waals surface area (Å²) in [6.45, 7) is 0. The second-order valence-corrected chi connectivity index (χ2v) is 3.35. The van der Waals surface area contributed by atoms with Crippen LogP contribution in [0.25, 0.3) is 0 Å². The average Bonchev–Trinajstić information content (AvgIpc) is 2.35. The number of rotatable bonds is 3. The molecular weight excluding hydrogens is 240 g/mol. The predicted octanol–water partition coefficient (Wildman–Crippen LogP) is -0.468. The maximum Gasteiger partial charge on any atom is 0.320 e. The Morgan fingerprint density at radius 1 is 1.85 bits per heavy atom. The Morgan fingerprint density at radius 3 is 2.85 bits per heavy atom. The number of aryl methyl sites for hydroxylation is 1. The molecule has 0 amide bonds. The van der Waals surface area contributed by atoms with Crippen LogP contribution in [0.1, 0.15) is 5.69 Å². The van der Waals surface area contributed by atoms with Crippen LogP contribution >= 0.6 is 15.9 Å². The highest BCUT2D eigenvalue weighted by Crippen LogP contribution is 2.13. The summed E-state index contributed by atoms with van der Waals surface area (Å²) in [5, 5.41) is 16.0. The Labute approximate surface area is 82.8 Å². The second-order valence-electron chi connectivity index (χ2n) is 2.60. The molecule has 1 aromatic heterocycles. The molecule has 0 aliphatic carbocycles. The van der Waals surface area contributed by atoms with Gasteiger partial charge in [0.15, 0.2) is 4.60 Å². The van der Waals surface area contributed by atoms with Crippen molar-refractivity contribution in [3.05, 3.63) is 10.3 Å². The van der Waals surface area contributed by atoms with Crippen molar-refractivity contribution in [2.75, 3.05) is 0 Å². The first-order valence-electron chi connectivity index (χ1n) is 3.54. The Kier molecular flexibility index (Phi) is 2.99. The first-order valence-corrected chi connectivity index (χ1v) is 4.34. The van der Waals surface area contributed by atoms with Crippen molar-refractivity contribution < 1.29 is 9.90 Å². The third kappa shape index (κ3) is 2.25. The molecule has 7 heteroatoms. The quantitative estimate of drug-likeness (QED) is 0.755. The number of nitrogens with zero attached hydrogens (tertiary/aromatic N) is 3. The molecule has 72 valence electrons. The molecular formula is C6H9BrN4O2. The smallest absolute Gasteiger partial charge is 0.320 e. The van der Waals surface area contributed by atoms with E-state index >= 15 is 0 Å². The van der Waals surface area contributed by atoms with Gasteiger partial charge in [-0.2, -0.15) is 0 Å². The van der Waals surface area contributed by atoms with Gasteiger partial charge in [0.1, 0.15) is 6.04 Å². The number of carbonyl (C=O) groups is 1. The number of halogens is 1. The van der Waals surface area contributed by atoms with Gasteiger partial charge in [-0.15, -0.1) is 5.10 Å². The number of nitrogens with two attached hydrogens (primary N) is 1. The van der Waals surface area contributed by atoms with E-state index in [4.69, 9.17) is 10.8 Å². The lowest BCUT2D eigenvalue weighted by atomic mass is 10.2. The van der Waals surface area contributed by atoms with E-state index in [0.29, 0.717) is 10.3 Å². The molecule has 1 aromatic rings. The van der Waals surface area contributed by atoms with E-state index in [0.717, 1.165) is 0 Å². The first-order chi connectivity index (χ1) is 6.02. The van der Waals surface area contributed by atoms with Gasteiger partial charge >= 0.3 is 5.97 Å². The molecule has 1 rings (SSSR count). The third-order valence-corrected chi connectivity index (χ3v) is 2.24. The van der Waals surface area contributed by atoms with Crippen molar-refractivity contribution in [1.82, 2.24) is 15.0 Å². The zero-order valence-electron chi connectivity index (χ0n) is 6.94. The number of hydrogen-bond donors (Lipinski definition) is 2. The van der Waals surface area contributed by atoms with E-state index in [1.807, 2.05) is 0 Å². The van der Waals surface area contributed by atoms with Crippen LogP contribution in [0.2, 0.25) is 0 Å². The largest absolute Gasteiger partial charge is 0.480 e. The van der Waals surface area contributed by atoms with Crippen LogP contribution in [-0.2, 0) is 18.3 Å². The Balaban J connectivity index is 2.79. The van der Waals surface area contributed by atoms with Crippen molar-refractivity contribution in [3.63, 3.8) is 0 Å². The standard InChI is InChI=1S/C6H9BrN4O2/c1-11-4(5(7)9-10-11)2-3(8)6(12)13/h3H,2,8H2,1H3,(H,12,13)/t3-/m1/s1. The molecule has 0 saturated carbocycles. The molecule has 0 aliphatic rings. The van der Waals surface area contributed by atoms with Gasteiger partial charge in [-0.05, 0) is 15.9 Å². The number of aliphatic carboxylic acids is 1. The predicted molar refractivity (Wildman–Crippen MR) is 48.0 cm³/mol. The van der Waals surface area contributed by atoms with Gasteiger partial charge in [-0.3, -0.25) is 9.48 Å². The van der Waals surface area contributed by atoms with Crippen LogP contribution in [0.4, 0.5) is 0 Å². The van der Waals surface area contributed by atoms with Crippen LogP contribution in [-0.4, -0.2) is 32.1 Å². The summed E-state index contributed by atoms with van der Waals surface area (Å²) in [6.07, 6.45) is 0.208. The van der Waals surface area contributed by atoms with E-state index in [2.05, 4.69) is 26.2 Å². The molecule has 0 unspecified atom stereocenters. The molecule has 0 bridgehead atoms. The zero-order chi connectivity index (χ0) is 10.0. The highest BCUT2D eigenvalue weighted by Gasteiger charge is 2.17. The van der Waals surface area contributed by atoms with Crippen molar-refractivity contribution in [2.24, 2.45) is 12.8 Å². The van der Waals surface area contributed by atoms with Gasteiger partial charge in [-0.1, -0.05) is 5.21 Å². The fourth-order valence-electron chi connectivity index (χ4n) is 0.864. The summed E-state index contributed by atoms with van der Waals surface area (Å²) < 4.78 is 2.03. The fourth-order valence-corrected chi connectivity index (χ4v) is 1.35. The Morgan fingerprint density at radius 2 is 2.46 bits per heavy atom. The molecule has 0 aliphatic heterocycles. The lowest BCUT2D eigenvalue weighted by Gasteiger charge is -2.05. The van der Waals surface area contributed by atoms with Gasteiger partial charge < -0.3 is 10.8 Å². The summed E-state index contributed by atoms with van der Waals surface area (Å²) in [4.78, 5) is 10.5. The van der Waals surface area contributed by atoms with Crippen LogP contribution in [0.5, 0.6) is 0 Å². The monoisotopic (exact) mass is 248 g/mol. The summed E-state index contributed by atoms with van der Waals surface area (Å²) >= 11 is 3.15. The molecule has 13 heavy (non-hydrogen) atoms. The maximum absolute atomic E-state index is 10.5. The zero-order valence-corrected chi connectivity index (χ0v) is 8.52. The van der Waals surface area contributed by atoms with Crippen molar-refractivity contribution in [3.8, 4) is 0 Å². The molecule has 1 atom stereocenters. The van der Waals surface area contributed by atoms with E-state index in [1.54, 1.807) is 7.05 Å². The van der Waals surface area contributed by atoms with Gasteiger partial charge in [0, 0.05) is 13.5 Å². The SMILES string of the molecule is Cn1nnc(Br)c1C[C@@H](N)C(=O)O. The van der Waals surface area contributed by atoms with Crippen LogP contribution in [0.15, 0.2) is 4.60 Å². The number of aromatic nitrogens is 3. The molecule has 0 aromatic carbocycles. The van der Waals surface area contributed by atoms with Crippen molar-refractivity contribution in [1.29, 1.82) is 0 Å². The summed E-state index contributed by atoms with van der Waals surface area (Å²) in [5.74, 6) is -1.03. The van der Waals surface area contributed by atoms with Crippen molar-refractivity contribution in [2.45, 2.75) is 12.5 Å². The molecule has 1 heterocycles. The van der Waals surface area contributed by atoms with Crippen LogP contribution in [0, 0.1) is 0 Å². The Hall–Kier alpha value is -0.950. The summed E-state index contributed by atoms with van der Waals surface area (Å²) in [7, 11) is 1.68. The Bertz CT molecular complexity index is 305. The van der Waals surface area contributed by atoms with Gasteiger partial charge in [-0.25, -0.2) is 0 Å². The van der Waals surface area contributed by atoms with Crippen LogP contribution in [0.3, 0.4) is 0 Å². The molecule has 0 fully saturated rings. The fraction of sp³-hybridized carbons (Fsp3) is 0.500.